The maximum atomic E-state index is 12.6. The van der Waals surface area contributed by atoms with Gasteiger partial charge in [0.1, 0.15) is 5.00 Å². The number of hydrogen-bond acceptors (Lipinski definition) is 5. The van der Waals surface area contributed by atoms with Gasteiger partial charge in [0.15, 0.2) is 0 Å². The highest BCUT2D eigenvalue weighted by atomic mass is 32.1. The number of ether oxygens (including phenoxy) is 1. The summed E-state index contributed by atoms with van der Waals surface area (Å²) in [6.07, 6.45) is 9.63. The average molecular weight is 464 g/mol. The number of likely N-dealkylation sites (tertiary alicyclic amines) is 1. The van der Waals surface area contributed by atoms with Crippen molar-refractivity contribution in [2.45, 2.75) is 78.1 Å². The highest BCUT2D eigenvalue weighted by Crippen LogP contribution is 2.38. The minimum absolute atomic E-state index is 0.260. The summed E-state index contributed by atoms with van der Waals surface area (Å²) >= 11 is 1.50. The Kier molecular flexibility index (Phi) is 9.38. The normalized spacial score (nSPS) is 16.4. The van der Waals surface area contributed by atoms with Crippen LogP contribution in [0.1, 0.15) is 86.0 Å². The molecular weight excluding hydrogens is 426 g/mol. The highest BCUT2D eigenvalue weighted by molar-refractivity contribution is 7.17. The lowest BCUT2D eigenvalue weighted by atomic mass is 9.95. The molecule has 0 spiro atoms. The minimum Gasteiger partial charge on any atom is -0.462 e. The first-order valence-corrected chi connectivity index (χ1v) is 13.0. The number of unbranched alkanes of at least 4 members (excludes halogenated alkanes) is 2. The number of fused-ring (bicyclic) bond motifs is 1. The number of amides is 3. The van der Waals surface area contributed by atoms with E-state index in [4.69, 9.17) is 4.74 Å². The summed E-state index contributed by atoms with van der Waals surface area (Å²) in [5, 5.41) is 6.47. The van der Waals surface area contributed by atoms with Gasteiger partial charge in [0.05, 0.1) is 12.2 Å². The number of hydrogen-bond donors (Lipinski definition) is 2. The second-order valence-electron chi connectivity index (χ2n) is 8.75. The first kappa shape index (κ1) is 24.6. The van der Waals surface area contributed by atoms with E-state index in [1.807, 2.05) is 4.90 Å². The first-order valence-electron chi connectivity index (χ1n) is 12.2. The quantitative estimate of drug-likeness (QED) is 0.409. The molecule has 0 saturated carbocycles. The van der Waals surface area contributed by atoms with Crippen LogP contribution in [-0.2, 0) is 22.4 Å². The van der Waals surface area contributed by atoms with Gasteiger partial charge in [-0.25, -0.2) is 9.59 Å². The number of carbonyl (C=O) groups excluding carboxylic acids is 3. The fourth-order valence-electron chi connectivity index (χ4n) is 4.53. The molecule has 1 aromatic heterocycles. The number of urea groups is 1. The molecule has 8 heteroatoms. The van der Waals surface area contributed by atoms with E-state index in [-0.39, 0.29) is 17.9 Å². The lowest BCUT2D eigenvalue weighted by Gasteiger charge is -2.32. The van der Waals surface area contributed by atoms with Gasteiger partial charge in [0.2, 0.25) is 5.91 Å². The van der Waals surface area contributed by atoms with Crippen molar-refractivity contribution in [3.05, 3.63) is 16.0 Å². The molecule has 1 aliphatic heterocycles. The maximum Gasteiger partial charge on any atom is 0.341 e. The van der Waals surface area contributed by atoms with Gasteiger partial charge >= 0.3 is 12.0 Å². The Hall–Kier alpha value is -2.09. The summed E-state index contributed by atoms with van der Waals surface area (Å²) in [7, 11) is 0. The van der Waals surface area contributed by atoms with Crippen LogP contribution < -0.4 is 10.6 Å². The van der Waals surface area contributed by atoms with Crippen molar-refractivity contribution >= 4 is 34.2 Å². The van der Waals surface area contributed by atoms with Gasteiger partial charge < -0.3 is 15.0 Å². The second-order valence-corrected chi connectivity index (χ2v) is 9.86. The molecule has 3 amide bonds. The maximum absolute atomic E-state index is 12.6. The molecule has 2 aliphatic rings. The number of rotatable bonds is 9. The van der Waals surface area contributed by atoms with Crippen LogP contribution in [-0.4, -0.2) is 49.0 Å². The highest BCUT2D eigenvalue weighted by Gasteiger charge is 2.28. The molecule has 0 bridgehead atoms. The molecule has 0 atom stereocenters. The third kappa shape index (κ3) is 6.47. The molecule has 0 unspecified atom stereocenters. The number of nitrogens with zero attached hydrogens (tertiary/aromatic N) is 1. The van der Waals surface area contributed by atoms with Gasteiger partial charge in [-0.1, -0.05) is 19.8 Å². The number of anilines is 1. The molecule has 178 valence electrons. The molecule has 2 N–H and O–H groups in total. The van der Waals surface area contributed by atoms with Crippen LogP contribution in [0.15, 0.2) is 0 Å². The monoisotopic (exact) mass is 463 g/mol. The van der Waals surface area contributed by atoms with Gasteiger partial charge in [-0.3, -0.25) is 10.1 Å². The van der Waals surface area contributed by atoms with Crippen LogP contribution >= 0.6 is 11.3 Å². The van der Waals surface area contributed by atoms with Crippen LogP contribution in [0.2, 0.25) is 0 Å². The van der Waals surface area contributed by atoms with Gasteiger partial charge in [0.25, 0.3) is 0 Å². The summed E-state index contributed by atoms with van der Waals surface area (Å²) in [6, 6.07) is -0.285. The molecule has 1 fully saturated rings. The second kappa shape index (κ2) is 12.2. The van der Waals surface area contributed by atoms with Crippen molar-refractivity contribution < 1.29 is 19.1 Å². The standard InChI is InChI=1S/C24H37N3O4S/c1-3-5-6-11-20(28)27-14-12-17(13-15-27)16-25-24(30)26-22-21(23(29)31-4-2)18-9-7-8-10-19(18)32-22/h17H,3-16H2,1-2H3,(H2,25,26,30). The SMILES string of the molecule is CCCCCC(=O)N1CCC(CNC(=O)Nc2sc3c(c2C(=O)OCC)CCCC3)CC1. The molecule has 1 saturated heterocycles. The van der Waals surface area contributed by atoms with E-state index in [1.165, 1.54) is 16.2 Å². The van der Waals surface area contributed by atoms with E-state index in [1.54, 1.807) is 6.92 Å². The Labute approximate surface area is 195 Å². The first-order chi connectivity index (χ1) is 15.5. The molecule has 7 nitrogen and oxygen atoms in total. The predicted octanol–water partition coefficient (Wildman–Crippen LogP) is 4.74. The smallest absolute Gasteiger partial charge is 0.341 e. The Bertz CT molecular complexity index is 799. The molecule has 0 radical (unpaired) electrons. The number of aryl methyl sites for hydroxylation is 1. The third-order valence-corrected chi connectivity index (χ3v) is 7.60. The Morgan fingerprint density at radius 3 is 2.56 bits per heavy atom. The van der Waals surface area contributed by atoms with E-state index in [9.17, 15) is 14.4 Å². The Balaban J connectivity index is 1.48. The predicted molar refractivity (Wildman–Crippen MR) is 127 cm³/mol. The molecule has 0 aromatic carbocycles. The van der Waals surface area contributed by atoms with Crippen LogP contribution in [0.4, 0.5) is 9.80 Å². The zero-order valence-corrected chi connectivity index (χ0v) is 20.3. The number of nitrogens with one attached hydrogen (secondary N) is 2. The summed E-state index contributed by atoms with van der Waals surface area (Å²) in [4.78, 5) is 40.5. The molecule has 3 rings (SSSR count). The lowest BCUT2D eigenvalue weighted by molar-refractivity contribution is -0.132. The number of thiophene rings is 1. The molecular formula is C24H37N3O4S. The molecule has 2 heterocycles. The number of carbonyl (C=O) groups is 3. The van der Waals surface area contributed by atoms with Crippen molar-refractivity contribution in [3.63, 3.8) is 0 Å². The van der Waals surface area contributed by atoms with Crippen LogP contribution in [0.3, 0.4) is 0 Å². The zero-order chi connectivity index (χ0) is 22.9. The van der Waals surface area contributed by atoms with Crippen molar-refractivity contribution in [2.24, 2.45) is 5.92 Å². The van der Waals surface area contributed by atoms with E-state index in [0.717, 1.165) is 76.4 Å². The van der Waals surface area contributed by atoms with E-state index >= 15 is 0 Å². The molecule has 1 aromatic rings. The van der Waals surface area contributed by atoms with E-state index in [2.05, 4.69) is 17.6 Å². The summed E-state index contributed by atoms with van der Waals surface area (Å²) < 4.78 is 5.25. The van der Waals surface area contributed by atoms with E-state index in [0.29, 0.717) is 36.1 Å². The summed E-state index contributed by atoms with van der Waals surface area (Å²) in [6.45, 7) is 6.36. The zero-order valence-electron chi connectivity index (χ0n) is 19.5. The summed E-state index contributed by atoms with van der Waals surface area (Å²) in [5.41, 5.74) is 1.59. The van der Waals surface area contributed by atoms with Crippen molar-refractivity contribution in [3.8, 4) is 0 Å². The fraction of sp³-hybridized carbons (Fsp3) is 0.708. The van der Waals surface area contributed by atoms with Crippen molar-refractivity contribution in [1.29, 1.82) is 0 Å². The number of esters is 1. The molecule has 32 heavy (non-hydrogen) atoms. The van der Waals surface area contributed by atoms with Crippen LogP contribution in [0.5, 0.6) is 0 Å². The van der Waals surface area contributed by atoms with Crippen LogP contribution in [0.25, 0.3) is 0 Å². The largest absolute Gasteiger partial charge is 0.462 e. The average Bonchev–Trinajstić information content (AvgIpc) is 3.16. The van der Waals surface area contributed by atoms with Gasteiger partial charge in [-0.2, -0.15) is 0 Å². The summed E-state index contributed by atoms with van der Waals surface area (Å²) in [5.74, 6) is 0.274. The van der Waals surface area contributed by atoms with Crippen molar-refractivity contribution in [1.82, 2.24) is 10.2 Å². The van der Waals surface area contributed by atoms with Gasteiger partial charge in [-0.15, -0.1) is 11.3 Å². The van der Waals surface area contributed by atoms with Crippen molar-refractivity contribution in [2.75, 3.05) is 31.6 Å². The van der Waals surface area contributed by atoms with Crippen LogP contribution in [0, 0.1) is 5.92 Å². The number of piperidine rings is 1. The topological polar surface area (TPSA) is 87.7 Å². The van der Waals surface area contributed by atoms with E-state index < -0.39 is 0 Å². The molecule has 1 aliphatic carbocycles. The third-order valence-electron chi connectivity index (χ3n) is 6.39. The fourth-order valence-corrected chi connectivity index (χ4v) is 5.80. The lowest BCUT2D eigenvalue weighted by Crippen LogP contribution is -2.42. The van der Waals surface area contributed by atoms with Gasteiger partial charge in [-0.05, 0) is 63.4 Å². The van der Waals surface area contributed by atoms with Gasteiger partial charge in [0, 0.05) is 30.9 Å². The Morgan fingerprint density at radius 1 is 1.09 bits per heavy atom. The Morgan fingerprint density at radius 2 is 1.84 bits per heavy atom. The minimum atomic E-state index is -0.349.